The number of fused-ring (bicyclic) bond motifs is 11. The van der Waals surface area contributed by atoms with Crippen molar-refractivity contribution in [2.24, 2.45) is 0 Å². The van der Waals surface area contributed by atoms with E-state index in [-0.39, 0.29) is 16.2 Å². The lowest BCUT2D eigenvalue weighted by Crippen LogP contribution is -2.16. The fraction of sp³-hybridized carbons (Fsp3) is 0.137. The van der Waals surface area contributed by atoms with Crippen molar-refractivity contribution in [2.45, 2.75) is 84.5 Å². The lowest BCUT2D eigenvalue weighted by molar-refractivity contribution is 0.660. The van der Waals surface area contributed by atoms with Gasteiger partial charge in [-0.1, -0.05) is 272 Å². The number of allylic oxidation sites excluding steroid dienone is 1. The van der Waals surface area contributed by atoms with Crippen LogP contribution in [0.25, 0.3) is 85.2 Å². The van der Waals surface area contributed by atoms with E-state index < -0.39 is 0 Å². The van der Waals surface area contributed by atoms with Crippen LogP contribution in [0.2, 0.25) is 0 Å². The van der Waals surface area contributed by atoms with Gasteiger partial charge in [-0.2, -0.15) is 0 Å². The number of anilines is 6. The predicted octanol–water partition coefficient (Wildman–Crippen LogP) is 25.7. The average Bonchev–Trinajstić information content (AvgIpc) is 1.60. The molecule has 0 N–H and O–H groups in total. The third kappa shape index (κ3) is 10.2. The summed E-state index contributed by atoms with van der Waals surface area (Å²) >= 11 is 0. The topological polar surface area (TPSA) is 6.48 Å². The highest BCUT2D eigenvalue weighted by molar-refractivity contribution is 5.98. The van der Waals surface area contributed by atoms with Gasteiger partial charge in [-0.15, -0.1) is 0 Å². The largest absolute Gasteiger partial charge is 0.310 e. The lowest BCUT2D eigenvalue weighted by atomic mass is 9.81. The number of benzene rings is 13. The Labute approximate surface area is 572 Å². The summed E-state index contributed by atoms with van der Waals surface area (Å²) in [4.78, 5) is 4.85. The van der Waals surface area contributed by atoms with Crippen molar-refractivity contribution < 1.29 is 0 Å². The van der Waals surface area contributed by atoms with Gasteiger partial charge < -0.3 is 9.80 Å². The van der Waals surface area contributed by atoms with E-state index >= 15 is 0 Å². The number of hydrogen-bond acceptors (Lipinski definition) is 2. The normalized spacial score (nSPS) is 14.7. The summed E-state index contributed by atoms with van der Waals surface area (Å²) < 4.78 is 0. The third-order valence-corrected chi connectivity index (χ3v) is 21.8. The molecule has 0 radical (unpaired) electrons. The molecule has 0 fully saturated rings. The highest BCUT2D eigenvalue weighted by Crippen LogP contribution is 2.55. The van der Waals surface area contributed by atoms with E-state index in [0.29, 0.717) is 0 Å². The standard InChI is InChI=1S/C95H78N2/c1-61-17-13-23-73(53-61)96(71-41-37-69(38-42-71)79-27-15-21-67-19-9-11-25-77(67)79)75-45-51-85-83-49-35-65(57-89(83)94(5,6)91(85)59-75)31-29-63-33-47-81-82-48-34-64(56-88(82)93(3,4)87(81)55-63)30-32-66-36-50-84-86-52-46-76(60-92(86)95(7,8)90(84)58-66)97(74-24-14-18-62(2)54-74)72-43-39-70(40-44-72)80-28-16-22-68-20-10-12-26-78(68)80/h9-15,17-21,23-60H,16,22H2,1-8H3/b31-29+,32-30+. The molecule has 17 rings (SSSR count). The summed E-state index contributed by atoms with van der Waals surface area (Å²) in [6, 6.07) is 103. The van der Waals surface area contributed by atoms with E-state index in [4.69, 9.17) is 0 Å². The van der Waals surface area contributed by atoms with Crippen LogP contribution in [0.1, 0.15) is 131 Å². The third-order valence-electron chi connectivity index (χ3n) is 21.8. The Morgan fingerprint density at radius 1 is 0.289 bits per heavy atom. The summed E-state index contributed by atoms with van der Waals surface area (Å²) in [5.41, 5.74) is 37.5. The molecule has 0 saturated carbocycles. The second kappa shape index (κ2) is 23.1. The van der Waals surface area contributed by atoms with Crippen molar-refractivity contribution in [1.82, 2.24) is 0 Å². The summed E-state index contributed by atoms with van der Waals surface area (Å²) in [7, 11) is 0. The van der Waals surface area contributed by atoms with E-state index in [2.05, 4.69) is 369 Å². The van der Waals surface area contributed by atoms with E-state index in [1.54, 1.807) is 0 Å². The van der Waals surface area contributed by atoms with Gasteiger partial charge in [0, 0.05) is 50.4 Å². The molecule has 0 amide bonds. The van der Waals surface area contributed by atoms with E-state index in [1.807, 2.05) is 0 Å². The maximum absolute atomic E-state index is 2.45. The van der Waals surface area contributed by atoms with Crippen molar-refractivity contribution >= 4 is 74.8 Å². The minimum absolute atomic E-state index is 0.170. The molecule has 0 bridgehead atoms. The first kappa shape index (κ1) is 59.7. The molecule has 4 aliphatic carbocycles. The summed E-state index contributed by atoms with van der Waals surface area (Å²) in [5.74, 6) is 0. The molecule has 2 nitrogen and oxygen atoms in total. The van der Waals surface area contributed by atoms with Crippen molar-refractivity contribution in [3.05, 3.63) is 363 Å². The zero-order valence-corrected chi connectivity index (χ0v) is 56.7. The van der Waals surface area contributed by atoms with Gasteiger partial charge in [0.25, 0.3) is 0 Å². The molecule has 0 aromatic heterocycles. The second-order valence-electron chi connectivity index (χ2n) is 29.0. The zero-order valence-electron chi connectivity index (χ0n) is 56.7. The monoisotopic (exact) mass is 1250 g/mol. The molecule has 0 unspecified atom stereocenters. The Bertz CT molecular complexity index is 5440. The van der Waals surface area contributed by atoms with Crippen molar-refractivity contribution in [3.63, 3.8) is 0 Å². The van der Waals surface area contributed by atoms with Crippen LogP contribution in [-0.2, 0) is 22.7 Å². The van der Waals surface area contributed by atoms with Gasteiger partial charge in [-0.05, 0) is 244 Å². The molecule has 13 aromatic carbocycles. The molecule has 2 heteroatoms. The molecule has 0 saturated heterocycles. The fourth-order valence-corrected chi connectivity index (χ4v) is 16.6. The number of hydrogen-bond donors (Lipinski definition) is 0. The lowest BCUT2D eigenvalue weighted by Gasteiger charge is -2.28. The molecule has 468 valence electrons. The minimum atomic E-state index is -0.211. The molecule has 13 aromatic rings. The SMILES string of the molecule is Cc1cccc(N(c2ccc(C3=CCCc4ccccc43)cc2)c2ccc3c(c2)C(C)(C)c2cc(/C=C/c4ccc5c(c4)C(C)(C)c4cc(/C=C/c6ccc7c(c6)C(C)(C)c6cc(N(c8ccc(-c9cccc%10ccccc9%10)cc8)c8cccc(C)c8)ccc6-7)ccc4-5)ccc2-3)c1. The van der Waals surface area contributed by atoms with Crippen LogP contribution in [0.3, 0.4) is 0 Å². The smallest absolute Gasteiger partial charge is 0.0465 e. The molecule has 4 aliphatic rings. The van der Waals surface area contributed by atoms with Gasteiger partial charge in [0.15, 0.2) is 0 Å². The van der Waals surface area contributed by atoms with Gasteiger partial charge >= 0.3 is 0 Å². The van der Waals surface area contributed by atoms with E-state index in [1.165, 1.54) is 144 Å². The van der Waals surface area contributed by atoms with Crippen molar-refractivity contribution in [2.75, 3.05) is 9.80 Å². The van der Waals surface area contributed by atoms with Gasteiger partial charge in [-0.25, -0.2) is 0 Å². The summed E-state index contributed by atoms with van der Waals surface area (Å²) in [5, 5.41) is 2.52. The van der Waals surface area contributed by atoms with Crippen molar-refractivity contribution in [1.29, 1.82) is 0 Å². The van der Waals surface area contributed by atoms with Crippen LogP contribution < -0.4 is 9.80 Å². The average molecular weight is 1250 g/mol. The zero-order chi connectivity index (χ0) is 65.9. The van der Waals surface area contributed by atoms with Crippen LogP contribution in [0.15, 0.2) is 279 Å². The van der Waals surface area contributed by atoms with Crippen LogP contribution >= 0.6 is 0 Å². The van der Waals surface area contributed by atoms with E-state index in [0.717, 1.165) is 47.0 Å². The Kier molecular flexibility index (Phi) is 14.2. The highest BCUT2D eigenvalue weighted by atomic mass is 15.1. The maximum atomic E-state index is 2.45. The van der Waals surface area contributed by atoms with Gasteiger partial charge in [0.05, 0.1) is 0 Å². The number of nitrogens with zero attached hydrogens (tertiary/aromatic N) is 2. The van der Waals surface area contributed by atoms with Crippen LogP contribution in [0, 0.1) is 13.8 Å². The Hall–Kier alpha value is -11.1. The maximum Gasteiger partial charge on any atom is 0.0465 e. The molecule has 0 aliphatic heterocycles. The second-order valence-corrected chi connectivity index (χ2v) is 29.0. The van der Waals surface area contributed by atoms with Crippen LogP contribution in [0.5, 0.6) is 0 Å². The first-order valence-electron chi connectivity index (χ1n) is 34.6. The highest BCUT2D eigenvalue weighted by Gasteiger charge is 2.39. The molecule has 0 spiro atoms. The first-order chi connectivity index (χ1) is 47.1. The Morgan fingerprint density at radius 3 is 1.11 bits per heavy atom. The molecule has 0 atom stereocenters. The Morgan fingerprint density at radius 2 is 0.649 bits per heavy atom. The predicted molar refractivity (Wildman–Crippen MR) is 413 cm³/mol. The summed E-state index contributed by atoms with van der Waals surface area (Å²) in [6.45, 7) is 18.7. The molecular formula is C95H78N2. The summed E-state index contributed by atoms with van der Waals surface area (Å²) in [6.07, 6.45) is 13.8. The number of aryl methyl sites for hydroxylation is 3. The molecule has 0 heterocycles. The van der Waals surface area contributed by atoms with Gasteiger partial charge in [-0.3, -0.25) is 0 Å². The van der Waals surface area contributed by atoms with Gasteiger partial charge in [0.1, 0.15) is 0 Å². The fourth-order valence-electron chi connectivity index (χ4n) is 16.6. The first-order valence-corrected chi connectivity index (χ1v) is 34.6. The van der Waals surface area contributed by atoms with Crippen molar-refractivity contribution in [3.8, 4) is 44.5 Å². The van der Waals surface area contributed by atoms with E-state index in [9.17, 15) is 0 Å². The van der Waals surface area contributed by atoms with Gasteiger partial charge in [0.2, 0.25) is 0 Å². The van der Waals surface area contributed by atoms with Crippen LogP contribution in [-0.4, -0.2) is 0 Å². The van der Waals surface area contributed by atoms with Crippen LogP contribution in [0.4, 0.5) is 34.1 Å². The quantitative estimate of drug-likeness (QED) is 0.113. The number of rotatable bonds is 12. The minimum Gasteiger partial charge on any atom is -0.310 e. The Balaban J connectivity index is 0.599. The molecular weight excluding hydrogens is 1170 g/mol. The molecule has 97 heavy (non-hydrogen) atoms.